The number of hydrogen-bond donors (Lipinski definition) is 1. The highest BCUT2D eigenvalue weighted by Crippen LogP contribution is 2.29. The number of hydrogen-bond acceptors (Lipinski definition) is 6. The zero-order valence-electron chi connectivity index (χ0n) is 15.3. The number of aliphatic carboxylic acids is 1. The molecular formula is C18H23N3O5. The smallest absolute Gasteiger partial charge is 0.411 e. The molecular weight excluding hydrogens is 338 g/mol. The quantitative estimate of drug-likeness (QED) is 0.898. The second kappa shape index (κ2) is 6.51. The van der Waals surface area contributed by atoms with Crippen LogP contribution in [0, 0.1) is 0 Å². The van der Waals surface area contributed by atoms with E-state index in [1.54, 1.807) is 32.7 Å². The number of aromatic nitrogens is 1. The number of benzene rings is 1. The topological polar surface area (TPSA) is 96.1 Å². The van der Waals surface area contributed by atoms with Gasteiger partial charge in [-0.15, -0.1) is 0 Å². The molecule has 1 aliphatic heterocycles. The van der Waals surface area contributed by atoms with Gasteiger partial charge < -0.3 is 19.2 Å². The summed E-state index contributed by atoms with van der Waals surface area (Å²) in [6.45, 7) is 5.47. The summed E-state index contributed by atoms with van der Waals surface area (Å²) in [5, 5.41) is 9.51. The molecule has 1 N–H and O–H groups in total. The van der Waals surface area contributed by atoms with Gasteiger partial charge in [-0.3, -0.25) is 4.90 Å². The van der Waals surface area contributed by atoms with E-state index >= 15 is 0 Å². The fourth-order valence-corrected chi connectivity index (χ4v) is 3.02. The summed E-state index contributed by atoms with van der Waals surface area (Å²) in [5.74, 6) is -1.05. The molecule has 1 aromatic carbocycles. The Balaban J connectivity index is 1.80. The van der Waals surface area contributed by atoms with Crippen LogP contribution in [-0.4, -0.2) is 58.3 Å². The van der Waals surface area contributed by atoms with E-state index in [-0.39, 0.29) is 19.0 Å². The van der Waals surface area contributed by atoms with Gasteiger partial charge in [-0.25, -0.2) is 9.59 Å². The molecule has 1 aliphatic rings. The maximum Gasteiger partial charge on any atom is 0.411 e. The molecule has 0 unspecified atom stereocenters. The molecule has 1 aromatic heterocycles. The number of likely N-dealkylation sites (N-methyl/N-ethyl adjacent to an activating group) is 1. The first-order chi connectivity index (χ1) is 12.2. The summed E-state index contributed by atoms with van der Waals surface area (Å²) in [4.78, 5) is 31.5. The normalized spacial score (nSPS) is 20.4. The van der Waals surface area contributed by atoms with E-state index in [1.165, 1.54) is 4.90 Å². The first kappa shape index (κ1) is 18.0. The first-order valence-corrected chi connectivity index (χ1v) is 8.46. The highest BCUT2D eigenvalue weighted by Gasteiger charge is 2.43. The average molecular weight is 361 g/mol. The Hall–Kier alpha value is -2.77. The van der Waals surface area contributed by atoms with Crippen molar-refractivity contribution >= 4 is 29.2 Å². The van der Waals surface area contributed by atoms with E-state index in [0.29, 0.717) is 11.6 Å². The molecule has 2 aromatic rings. The zero-order valence-corrected chi connectivity index (χ0v) is 15.3. The number of oxazole rings is 1. The SMILES string of the molecule is CN(c1nc2ccccc2o1)[C@H]1C[C@@H](C(=O)O)N(C(=O)OC(C)(C)C)C1. The van der Waals surface area contributed by atoms with Crippen LogP contribution < -0.4 is 4.90 Å². The van der Waals surface area contributed by atoms with Gasteiger partial charge in [0.15, 0.2) is 5.58 Å². The van der Waals surface area contributed by atoms with E-state index in [1.807, 2.05) is 24.3 Å². The molecule has 8 nitrogen and oxygen atoms in total. The molecule has 140 valence electrons. The number of carbonyl (C=O) groups is 2. The van der Waals surface area contributed by atoms with Gasteiger partial charge in [0, 0.05) is 20.0 Å². The van der Waals surface area contributed by atoms with Crippen LogP contribution in [0.5, 0.6) is 0 Å². The van der Waals surface area contributed by atoms with Crippen molar-refractivity contribution < 1.29 is 23.8 Å². The highest BCUT2D eigenvalue weighted by atomic mass is 16.6. The number of carboxylic acids is 1. The minimum absolute atomic E-state index is 0.223. The van der Waals surface area contributed by atoms with Crippen molar-refractivity contribution in [1.29, 1.82) is 0 Å². The van der Waals surface area contributed by atoms with E-state index in [4.69, 9.17) is 9.15 Å². The Morgan fingerprint density at radius 1 is 1.35 bits per heavy atom. The largest absolute Gasteiger partial charge is 0.480 e. The van der Waals surface area contributed by atoms with E-state index < -0.39 is 23.7 Å². The monoisotopic (exact) mass is 361 g/mol. The molecule has 2 atom stereocenters. The van der Waals surface area contributed by atoms with Gasteiger partial charge in [-0.1, -0.05) is 12.1 Å². The molecule has 0 bridgehead atoms. The van der Waals surface area contributed by atoms with E-state index in [9.17, 15) is 14.7 Å². The number of nitrogens with zero attached hydrogens (tertiary/aromatic N) is 3. The van der Waals surface area contributed by atoms with Crippen molar-refractivity contribution in [1.82, 2.24) is 9.88 Å². The summed E-state index contributed by atoms with van der Waals surface area (Å²) in [6.07, 6.45) is -0.359. The molecule has 1 saturated heterocycles. The molecule has 1 amide bonds. The minimum atomic E-state index is -1.05. The van der Waals surface area contributed by atoms with Crippen LogP contribution in [0.4, 0.5) is 10.8 Å². The van der Waals surface area contributed by atoms with Crippen molar-refractivity contribution in [2.24, 2.45) is 0 Å². The molecule has 26 heavy (non-hydrogen) atoms. The summed E-state index contributed by atoms with van der Waals surface area (Å²) < 4.78 is 11.1. The van der Waals surface area contributed by atoms with Gasteiger partial charge in [0.25, 0.3) is 6.01 Å². The van der Waals surface area contributed by atoms with Crippen molar-refractivity contribution in [3.05, 3.63) is 24.3 Å². The standard InChI is InChI=1S/C18H23N3O5/c1-18(2,3)26-17(24)21-10-11(9-13(21)15(22)23)20(4)16-19-12-7-5-6-8-14(12)25-16/h5-8,11,13H,9-10H2,1-4H3,(H,22,23)/t11-,13-/m0/s1. The number of ether oxygens (including phenoxy) is 1. The average Bonchev–Trinajstić information content (AvgIpc) is 3.17. The number of rotatable bonds is 3. The molecule has 0 spiro atoms. The Morgan fingerprint density at radius 2 is 2.04 bits per heavy atom. The molecule has 0 saturated carbocycles. The van der Waals surface area contributed by atoms with Crippen LogP contribution in [0.15, 0.2) is 28.7 Å². The van der Waals surface area contributed by atoms with Crippen molar-refractivity contribution in [2.45, 2.75) is 44.9 Å². The maximum atomic E-state index is 12.4. The fraction of sp³-hybridized carbons (Fsp3) is 0.500. The lowest BCUT2D eigenvalue weighted by molar-refractivity contribution is -0.142. The van der Waals surface area contributed by atoms with E-state index in [0.717, 1.165) is 5.52 Å². The van der Waals surface area contributed by atoms with Gasteiger partial charge in [0.05, 0.1) is 6.04 Å². The summed E-state index contributed by atoms with van der Waals surface area (Å²) in [7, 11) is 1.78. The van der Waals surface area contributed by atoms with Crippen LogP contribution >= 0.6 is 0 Å². The summed E-state index contributed by atoms with van der Waals surface area (Å²) in [6, 6.07) is 6.61. The van der Waals surface area contributed by atoms with Crippen LogP contribution in [0.1, 0.15) is 27.2 Å². The molecule has 0 radical (unpaired) electrons. The third-order valence-corrected chi connectivity index (χ3v) is 4.32. The van der Waals surface area contributed by atoms with Gasteiger partial charge in [-0.05, 0) is 32.9 Å². The van der Waals surface area contributed by atoms with Crippen molar-refractivity contribution in [3.8, 4) is 0 Å². The van der Waals surface area contributed by atoms with Crippen molar-refractivity contribution in [2.75, 3.05) is 18.5 Å². The second-order valence-corrected chi connectivity index (χ2v) is 7.45. The van der Waals surface area contributed by atoms with E-state index in [2.05, 4.69) is 4.98 Å². The molecule has 3 rings (SSSR count). The number of carboxylic acid groups (broad SMARTS) is 1. The maximum absolute atomic E-state index is 12.4. The van der Waals surface area contributed by atoms with Gasteiger partial charge in [-0.2, -0.15) is 4.98 Å². The predicted molar refractivity (Wildman–Crippen MR) is 95.2 cm³/mol. The van der Waals surface area contributed by atoms with Gasteiger partial charge in [0.2, 0.25) is 0 Å². The predicted octanol–water partition coefficient (Wildman–Crippen LogP) is 2.73. The fourth-order valence-electron chi connectivity index (χ4n) is 3.02. The summed E-state index contributed by atoms with van der Waals surface area (Å²) in [5.41, 5.74) is 0.696. The van der Waals surface area contributed by atoms with Crippen molar-refractivity contribution in [3.63, 3.8) is 0 Å². The number of para-hydroxylation sites is 2. The lowest BCUT2D eigenvalue weighted by Gasteiger charge is -2.27. The van der Waals surface area contributed by atoms with Gasteiger partial charge >= 0.3 is 12.1 Å². The number of anilines is 1. The Bertz CT molecular complexity index is 793. The number of carbonyl (C=O) groups excluding carboxylic acids is 1. The zero-order chi connectivity index (χ0) is 19.1. The Morgan fingerprint density at radius 3 is 2.65 bits per heavy atom. The highest BCUT2D eigenvalue weighted by molar-refractivity contribution is 5.81. The molecule has 8 heteroatoms. The Labute approximate surface area is 151 Å². The second-order valence-electron chi connectivity index (χ2n) is 7.45. The molecule has 0 aliphatic carbocycles. The van der Waals surface area contributed by atoms with Crippen LogP contribution in [0.3, 0.4) is 0 Å². The lowest BCUT2D eigenvalue weighted by Crippen LogP contribution is -2.44. The van der Waals surface area contributed by atoms with Crippen LogP contribution in [0.2, 0.25) is 0 Å². The third-order valence-electron chi connectivity index (χ3n) is 4.32. The van der Waals surface area contributed by atoms with Crippen LogP contribution in [0.25, 0.3) is 11.1 Å². The third kappa shape index (κ3) is 3.58. The van der Waals surface area contributed by atoms with Gasteiger partial charge in [0.1, 0.15) is 17.2 Å². The molecule has 2 heterocycles. The number of fused-ring (bicyclic) bond motifs is 1. The Kier molecular flexibility index (Phi) is 4.52. The molecule has 1 fully saturated rings. The summed E-state index contributed by atoms with van der Waals surface area (Å²) >= 11 is 0. The number of amides is 1. The first-order valence-electron chi connectivity index (χ1n) is 8.46. The van der Waals surface area contributed by atoms with Crippen LogP contribution in [-0.2, 0) is 9.53 Å². The minimum Gasteiger partial charge on any atom is -0.480 e. The number of likely N-dealkylation sites (tertiary alicyclic amines) is 1. The lowest BCUT2D eigenvalue weighted by atomic mass is 10.1.